The number of hydrogen-bond donors (Lipinski definition) is 2. The minimum absolute atomic E-state index is 0.140. The number of nitrogens with zero attached hydrogens (tertiary/aromatic N) is 1. The van der Waals surface area contributed by atoms with Crippen molar-refractivity contribution in [3.05, 3.63) is 0 Å². The molecule has 0 spiro atoms. The third kappa shape index (κ3) is 4.89. The van der Waals surface area contributed by atoms with Crippen molar-refractivity contribution in [3.63, 3.8) is 0 Å². The maximum atomic E-state index is 12.2. The van der Waals surface area contributed by atoms with Crippen LogP contribution in [0.25, 0.3) is 0 Å². The van der Waals surface area contributed by atoms with Crippen molar-refractivity contribution in [1.29, 1.82) is 0 Å². The second kappa shape index (κ2) is 8.46. The number of esters is 1. The molecule has 0 aliphatic carbocycles. The molecule has 0 radical (unpaired) electrons. The monoisotopic (exact) mass is 302 g/mol. The van der Waals surface area contributed by atoms with Gasteiger partial charge >= 0.3 is 18.0 Å². The number of likely N-dealkylation sites (tertiary alicyclic amines) is 1. The SMILES string of the molecule is CCOC(=O)C1CCCCN1C(=O)NC(COC)C(=O)O. The fraction of sp³-hybridized carbons (Fsp3) is 0.769. The molecule has 8 nitrogen and oxygen atoms in total. The van der Waals surface area contributed by atoms with Gasteiger partial charge in [0.05, 0.1) is 13.2 Å². The van der Waals surface area contributed by atoms with Gasteiger partial charge in [0.2, 0.25) is 0 Å². The lowest BCUT2D eigenvalue weighted by atomic mass is 10.0. The molecule has 1 aliphatic heterocycles. The zero-order chi connectivity index (χ0) is 15.8. The van der Waals surface area contributed by atoms with Gasteiger partial charge in [-0.2, -0.15) is 0 Å². The molecule has 120 valence electrons. The van der Waals surface area contributed by atoms with Crippen molar-refractivity contribution in [3.8, 4) is 0 Å². The quantitative estimate of drug-likeness (QED) is 0.680. The molecule has 1 fully saturated rings. The fourth-order valence-corrected chi connectivity index (χ4v) is 2.23. The number of carboxylic acids is 1. The summed E-state index contributed by atoms with van der Waals surface area (Å²) in [4.78, 5) is 36.4. The number of methoxy groups -OCH3 is 1. The van der Waals surface area contributed by atoms with E-state index in [1.165, 1.54) is 12.0 Å². The molecule has 0 aromatic rings. The van der Waals surface area contributed by atoms with E-state index in [4.69, 9.17) is 14.6 Å². The predicted octanol–water partition coefficient (Wildman–Crippen LogP) is 0.213. The van der Waals surface area contributed by atoms with E-state index >= 15 is 0 Å². The largest absolute Gasteiger partial charge is 0.480 e. The summed E-state index contributed by atoms with van der Waals surface area (Å²) in [6, 6.07) is -2.39. The number of amides is 2. The Kier molecular flexibility index (Phi) is 6.93. The van der Waals surface area contributed by atoms with E-state index in [1.807, 2.05) is 0 Å². The molecule has 21 heavy (non-hydrogen) atoms. The number of aliphatic carboxylic acids is 1. The van der Waals surface area contributed by atoms with Gasteiger partial charge in [0.15, 0.2) is 6.04 Å². The molecule has 0 bridgehead atoms. The maximum absolute atomic E-state index is 12.2. The lowest BCUT2D eigenvalue weighted by Gasteiger charge is -2.34. The molecule has 1 saturated heterocycles. The molecule has 2 N–H and O–H groups in total. The van der Waals surface area contributed by atoms with Gasteiger partial charge in [0.25, 0.3) is 0 Å². The number of hydrogen-bond acceptors (Lipinski definition) is 5. The van der Waals surface area contributed by atoms with E-state index < -0.39 is 30.1 Å². The number of rotatable bonds is 6. The Hall–Kier alpha value is -1.83. The van der Waals surface area contributed by atoms with Gasteiger partial charge in [0, 0.05) is 13.7 Å². The van der Waals surface area contributed by atoms with E-state index in [0.29, 0.717) is 13.0 Å². The van der Waals surface area contributed by atoms with Crippen LogP contribution in [0.4, 0.5) is 4.79 Å². The van der Waals surface area contributed by atoms with Gasteiger partial charge in [-0.25, -0.2) is 14.4 Å². The molecule has 8 heteroatoms. The summed E-state index contributed by atoms with van der Waals surface area (Å²) in [5, 5.41) is 11.4. The zero-order valence-electron chi connectivity index (χ0n) is 12.3. The average molecular weight is 302 g/mol. The van der Waals surface area contributed by atoms with Crippen molar-refractivity contribution < 1.29 is 29.0 Å². The van der Waals surface area contributed by atoms with Crippen molar-refractivity contribution in [2.24, 2.45) is 0 Å². The van der Waals surface area contributed by atoms with E-state index in [0.717, 1.165) is 12.8 Å². The molecule has 2 unspecified atom stereocenters. The number of ether oxygens (including phenoxy) is 2. The molecular formula is C13H22N2O6. The summed E-state index contributed by atoms with van der Waals surface area (Å²) in [5.74, 6) is -1.64. The first-order valence-corrected chi connectivity index (χ1v) is 6.96. The first-order chi connectivity index (χ1) is 10.0. The molecule has 1 aliphatic rings. The number of piperidine rings is 1. The van der Waals surface area contributed by atoms with Crippen molar-refractivity contribution in [2.75, 3.05) is 26.9 Å². The smallest absolute Gasteiger partial charge is 0.328 e. The Morgan fingerprint density at radius 2 is 2.10 bits per heavy atom. The third-order valence-electron chi connectivity index (χ3n) is 3.25. The average Bonchev–Trinajstić information content (AvgIpc) is 2.46. The van der Waals surface area contributed by atoms with E-state index in [1.54, 1.807) is 6.92 Å². The Bertz CT molecular complexity index is 387. The minimum atomic E-state index is -1.19. The van der Waals surface area contributed by atoms with E-state index in [-0.39, 0.29) is 13.2 Å². The number of carbonyl (C=O) groups excluding carboxylic acids is 2. The van der Waals surface area contributed by atoms with Gasteiger partial charge in [-0.15, -0.1) is 0 Å². The first kappa shape index (κ1) is 17.2. The molecule has 1 rings (SSSR count). The van der Waals surface area contributed by atoms with Gasteiger partial charge < -0.3 is 24.8 Å². The van der Waals surface area contributed by atoms with Crippen molar-refractivity contribution in [2.45, 2.75) is 38.3 Å². The lowest BCUT2D eigenvalue weighted by Crippen LogP contribution is -2.56. The highest BCUT2D eigenvalue weighted by atomic mass is 16.5. The number of urea groups is 1. The molecular weight excluding hydrogens is 280 g/mol. The van der Waals surface area contributed by atoms with Gasteiger partial charge in [-0.1, -0.05) is 0 Å². The highest BCUT2D eigenvalue weighted by Gasteiger charge is 2.34. The molecule has 0 aromatic heterocycles. The lowest BCUT2D eigenvalue weighted by molar-refractivity contribution is -0.149. The Balaban J connectivity index is 2.72. The standard InChI is InChI=1S/C13H22N2O6/c1-3-21-12(18)10-6-4-5-7-15(10)13(19)14-9(8-20-2)11(16)17/h9-10H,3-8H2,1-2H3,(H,14,19)(H,16,17). The van der Waals surface area contributed by atoms with Gasteiger partial charge in [-0.05, 0) is 26.2 Å². The number of nitrogens with one attached hydrogen (secondary N) is 1. The molecule has 2 atom stereocenters. The van der Waals surface area contributed by atoms with Crippen LogP contribution in [0.2, 0.25) is 0 Å². The van der Waals surface area contributed by atoms with E-state index in [9.17, 15) is 14.4 Å². The van der Waals surface area contributed by atoms with Crippen molar-refractivity contribution >= 4 is 18.0 Å². The van der Waals surface area contributed by atoms with Crippen LogP contribution >= 0.6 is 0 Å². The van der Waals surface area contributed by atoms with Gasteiger partial charge in [-0.3, -0.25) is 0 Å². The summed E-state index contributed by atoms with van der Waals surface area (Å²) in [5.41, 5.74) is 0. The van der Waals surface area contributed by atoms with Gasteiger partial charge in [0.1, 0.15) is 6.04 Å². The normalized spacial score (nSPS) is 19.7. The number of carboxylic acid groups (broad SMARTS) is 1. The molecule has 1 heterocycles. The topological polar surface area (TPSA) is 105 Å². The summed E-state index contributed by atoms with van der Waals surface area (Å²) in [7, 11) is 1.35. The van der Waals surface area contributed by atoms with Crippen LogP contribution in [0.3, 0.4) is 0 Å². The summed E-state index contributed by atoms with van der Waals surface area (Å²) >= 11 is 0. The first-order valence-electron chi connectivity index (χ1n) is 6.96. The number of carbonyl (C=O) groups is 3. The zero-order valence-corrected chi connectivity index (χ0v) is 12.3. The third-order valence-corrected chi connectivity index (χ3v) is 3.25. The summed E-state index contributed by atoms with van der Waals surface area (Å²) in [6.45, 7) is 2.20. The highest BCUT2D eigenvalue weighted by Crippen LogP contribution is 2.18. The van der Waals surface area contributed by atoms with Crippen LogP contribution in [0.1, 0.15) is 26.2 Å². The van der Waals surface area contributed by atoms with Crippen LogP contribution in [-0.4, -0.2) is 66.9 Å². The summed E-state index contributed by atoms with van der Waals surface area (Å²) < 4.78 is 9.72. The molecule has 0 saturated carbocycles. The maximum Gasteiger partial charge on any atom is 0.328 e. The summed E-state index contributed by atoms with van der Waals surface area (Å²) in [6.07, 6.45) is 2.12. The van der Waals surface area contributed by atoms with Crippen LogP contribution in [0.15, 0.2) is 0 Å². The van der Waals surface area contributed by atoms with E-state index in [2.05, 4.69) is 5.32 Å². The molecule has 0 aromatic carbocycles. The Morgan fingerprint density at radius 3 is 2.67 bits per heavy atom. The minimum Gasteiger partial charge on any atom is -0.480 e. The Morgan fingerprint density at radius 1 is 1.38 bits per heavy atom. The van der Waals surface area contributed by atoms with Crippen molar-refractivity contribution in [1.82, 2.24) is 10.2 Å². The Labute approximate surface area is 123 Å². The van der Waals surface area contributed by atoms with Crippen LogP contribution in [0.5, 0.6) is 0 Å². The second-order valence-corrected chi connectivity index (χ2v) is 4.75. The fourth-order valence-electron chi connectivity index (χ4n) is 2.23. The molecule has 2 amide bonds. The predicted molar refractivity (Wildman–Crippen MR) is 72.8 cm³/mol. The highest BCUT2D eigenvalue weighted by molar-refractivity contribution is 5.87. The second-order valence-electron chi connectivity index (χ2n) is 4.75. The van der Waals surface area contributed by atoms with Crippen LogP contribution in [0, 0.1) is 0 Å². The van der Waals surface area contributed by atoms with Crippen LogP contribution in [-0.2, 0) is 19.1 Å². The van der Waals surface area contributed by atoms with Crippen LogP contribution < -0.4 is 5.32 Å².